The van der Waals surface area contributed by atoms with Gasteiger partial charge in [0.2, 0.25) is 0 Å². The third kappa shape index (κ3) is 3.93. The molecule has 0 spiro atoms. The Balaban J connectivity index is 1.47. The average molecular weight is 420 g/mol. The van der Waals surface area contributed by atoms with Gasteiger partial charge in [0.25, 0.3) is 5.91 Å². The Labute approximate surface area is 180 Å². The third-order valence-corrected chi connectivity index (χ3v) is 6.22. The van der Waals surface area contributed by atoms with Gasteiger partial charge < -0.3 is 20.9 Å². The number of aromatic nitrogens is 1. The second-order valence-electron chi connectivity index (χ2n) is 8.54. The summed E-state index contributed by atoms with van der Waals surface area (Å²) in [4.78, 5) is 22.3. The van der Waals surface area contributed by atoms with Gasteiger partial charge in [-0.25, -0.2) is 4.39 Å². The van der Waals surface area contributed by atoms with E-state index in [1.165, 1.54) is 42.3 Å². The highest BCUT2D eigenvalue weighted by Gasteiger charge is 2.31. The monoisotopic (exact) mass is 419 g/mol. The van der Waals surface area contributed by atoms with Crippen LogP contribution in [0.25, 0.3) is 10.9 Å². The Morgan fingerprint density at radius 3 is 2.65 bits per heavy atom. The number of benzene rings is 2. The molecule has 160 valence electrons. The van der Waals surface area contributed by atoms with Gasteiger partial charge in [-0.2, -0.15) is 0 Å². The SMILES string of the molecule is CN1CCN(c2ccc3cc(C(=O)Nc4cc(F)ccc4N)cnc3c2C2CC2)CC1. The topological polar surface area (TPSA) is 74.5 Å². The van der Waals surface area contributed by atoms with Crippen LogP contribution >= 0.6 is 0 Å². The van der Waals surface area contributed by atoms with E-state index in [2.05, 4.69) is 34.3 Å². The second-order valence-corrected chi connectivity index (χ2v) is 8.54. The summed E-state index contributed by atoms with van der Waals surface area (Å²) < 4.78 is 13.5. The highest BCUT2D eigenvalue weighted by Crippen LogP contribution is 2.47. The van der Waals surface area contributed by atoms with E-state index in [0.717, 1.165) is 37.1 Å². The number of carbonyl (C=O) groups excluding carboxylic acids is 1. The molecular formula is C24H26FN5O. The van der Waals surface area contributed by atoms with Crippen molar-refractivity contribution in [2.45, 2.75) is 18.8 Å². The van der Waals surface area contributed by atoms with Crippen molar-refractivity contribution in [1.82, 2.24) is 9.88 Å². The number of amides is 1. The highest BCUT2D eigenvalue weighted by atomic mass is 19.1. The molecule has 0 unspecified atom stereocenters. The second kappa shape index (κ2) is 7.81. The Morgan fingerprint density at radius 1 is 1.13 bits per heavy atom. The zero-order valence-electron chi connectivity index (χ0n) is 17.6. The lowest BCUT2D eigenvalue weighted by molar-refractivity contribution is 0.102. The normalized spacial score (nSPS) is 17.2. The van der Waals surface area contributed by atoms with Crippen LogP contribution < -0.4 is 16.0 Å². The number of nitrogens with two attached hydrogens (primary N) is 1. The lowest BCUT2D eigenvalue weighted by Gasteiger charge is -2.35. The quantitative estimate of drug-likeness (QED) is 0.629. The largest absolute Gasteiger partial charge is 0.397 e. The van der Waals surface area contributed by atoms with Gasteiger partial charge in [0, 0.05) is 49.0 Å². The molecule has 6 nitrogen and oxygen atoms in total. The summed E-state index contributed by atoms with van der Waals surface area (Å²) in [6, 6.07) is 10.00. The molecular weight excluding hydrogens is 393 g/mol. The van der Waals surface area contributed by atoms with Gasteiger partial charge in [0.05, 0.1) is 22.5 Å². The van der Waals surface area contributed by atoms with Crippen molar-refractivity contribution in [3.05, 3.63) is 59.5 Å². The molecule has 2 aliphatic rings. The first-order chi connectivity index (χ1) is 15.0. The predicted octanol–water partition coefficient (Wildman–Crippen LogP) is 3.84. The molecule has 1 saturated carbocycles. The van der Waals surface area contributed by atoms with Gasteiger partial charge in [0.15, 0.2) is 0 Å². The van der Waals surface area contributed by atoms with E-state index in [1.807, 2.05) is 6.07 Å². The van der Waals surface area contributed by atoms with E-state index in [4.69, 9.17) is 10.7 Å². The summed E-state index contributed by atoms with van der Waals surface area (Å²) in [7, 11) is 2.16. The summed E-state index contributed by atoms with van der Waals surface area (Å²) >= 11 is 0. The Hall–Kier alpha value is -3.19. The number of anilines is 3. The van der Waals surface area contributed by atoms with E-state index in [0.29, 0.717) is 17.2 Å². The number of nitrogens with one attached hydrogen (secondary N) is 1. The van der Waals surface area contributed by atoms with Crippen LogP contribution in [-0.2, 0) is 0 Å². The fourth-order valence-corrected chi connectivity index (χ4v) is 4.27. The number of hydrogen-bond donors (Lipinski definition) is 2. The van der Waals surface area contributed by atoms with Crippen LogP contribution in [0, 0.1) is 5.82 Å². The summed E-state index contributed by atoms with van der Waals surface area (Å²) in [6.45, 7) is 4.13. The molecule has 1 amide bonds. The van der Waals surface area contributed by atoms with Gasteiger partial charge in [-0.3, -0.25) is 9.78 Å². The molecule has 2 fully saturated rings. The molecule has 2 aromatic carbocycles. The number of nitrogens with zero attached hydrogens (tertiary/aromatic N) is 3. The molecule has 1 saturated heterocycles. The summed E-state index contributed by atoms with van der Waals surface area (Å²) in [5, 5.41) is 3.64. The Kier molecular flexibility index (Phi) is 4.98. The number of piperazine rings is 1. The lowest BCUT2D eigenvalue weighted by Crippen LogP contribution is -2.44. The maximum absolute atomic E-state index is 13.5. The van der Waals surface area contributed by atoms with Crippen molar-refractivity contribution >= 4 is 33.9 Å². The molecule has 1 aliphatic carbocycles. The van der Waals surface area contributed by atoms with Crippen LogP contribution in [0.5, 0.6) is 0 Å². The van der Waals surface area contributed by atoms with Crippen molar-refractivity contribution in [1.29, 1.82) is 0 Å². The van der Waals surface area contributed by atoms with Gasteiger partial charge in [0.1, 0.15) is 5.82 Å². The Bertz CT molecular complexity index is 1150. The standard InChI is InChI=1S/C24H26FN5O/c1-29-8-10-30(11-9-29)21-7-4-16-12-17(14-27-23(16)22(21)15-2-3-15)24(31)28-20-13-18(25)5-6-19(20)26/h4-7,12-15H,2-3,8-11,26H2,1H3,(H,28,31). The van der Waals surface area contributed by atoms with Gasteiger partial charge >= 0.3 is 0 Å². The number of fused-ring (bicyclic) bond motifs is 1. The van der Waals surface area contributed by atoms with Crippen molar-refractivity contribution in [2.75, 3.05) is 49.2 Å². The van der Waals surface area contributed by atoms with E-state index in [1.54, 1.807) is 6.20 Å². The summed E-state index contributed by atoms with van der Waals surface area (Å²) in [5.74, 6) is -0.271. The smallest absolute Gasteiger partial charge is 0.257 e. The molecule has 2 heterocycles. The van der Waals surface area contributed by atoms with Crippen molar-refractivity contribution in [2.24, 2.45) is 0 Å². The van der Waals surface area contributed by atoms with Gasteiger partial charge in [-0.05, 0) is 56.1 Å². The number of rotatable bonds is 4. The maximum Gasteiger partial charge on any atom is 0.257 e. The van der Waals surface area contributed by atoms with Crippen LogP contribution in [0.3, 0.4) is 0 Å². The number of halogens is 1. The number of nitrogen functional groups attached to an aromatic ring is 1. The van der Waals surface area contributed by atoms with E-state index in [9.17, 15) is 9.18 Å². The number of carbonyl (C=O) groups is 1. The van der Waals surface area contributed by atoms with Gasteiger partial charge in [-0.1, -0.05) is 6.07 Å². The first kappa shape index (κ1) is 19.8. The fraction of sp³-hybridized carbons (Fsp3) is 0.333. The number of hydrogen-bond acceptors (Lipinski definition) is 5. The molecule has 3 aromatic rings. The number of pyridine rings is 1. The summed E-state index contributed by atoms with van der Waals surface area (Å²) in [5.41, 5.74) is 10.4. The first-order valence-corrected chi connectivity index (χ1v) is 10.7. The van der Waals surface area contributed by atoms with E-state index < -0.39 is 5.82 Å². The minimum absolute atomic E-state index is 0.259. The molecule has 5 rings (SSSR count). The average Bonchev–Trinajstić information content (AvgIpc) is 3.61. The van der Waals surface area contributed by atoms with Crippen LogP contribution in [0.4, 0.5) is 21.5 Å². The van der Waals surface area contributed by atoms with Crippen molar-refractivity contribution < 1.29 is 9.18 Å². The zero-order valence-corrected chi connectivity index (χ0v) is 17.6. The summed E-state index contributed by atoms with van der Waals surface area (Å²) in [6.07, 6.45) is 3.97. The highest BCUT2D eigenvalue weighted by molar-refractivity contribution is 6.07. The molecule has 1 aliphatic heterocycles. The number of likely N-dealkylation sites (N-methyl/N-ethyl adjacent to an activating group) is 1. The molecule has 31 heavy (non-hydrogen) atoms. The molecule has 1 aromatic heterocycles. The van der Waals surface area contributed by atoms with Crippen LogP contribution in [0.1, 0.15) is 34.7 Å². The van der Waals surface area contributed by atoms with E-state index in [-0.39, 0.29) is 11.6 Å². The molecule has 0 atom stereocenters. The van der Waals surface area contributed by atoms with E-state index >= 15 is 0 Å². The Morgan fingerprint density at radius 2 is 1.90 bits per heavy atom. The molecule has 0 bridgehead atoms. The van der Waals surface area contributed by atoms with Gasteiger partial charge in [-0.15, -0.1) is 0 Å². The van der Waals surface area contributed by atoms with Crippen molar-refractivity contribution in [3.8, 4) is 0 Å². The van der Waals surface area contributed by atoms with Crippen molar-refractivity contribution in [3.63, 3.8) is 0 Å². The van der Waals surface area contributed by atoms with Crippen LogP contribution in [0.15, 0.2) is 42.6 Å². The molecule has 7 heteroatoms. The zero-order chi connectivity index (χ0) is 21.5. The first-order valence-electron chi connectivity index (χ1n) is 10.7. The van der Waals surface area contributed by atoms with Crippen LogP contribution in [0.2, 0.25) is 0 Å². The predicted molar refractivity (Wildman–Crippen MR) is 122 cm³/mol. The maximum atomic E-state index is 13.5. The fourth-order valence-electron chi connectivity index (χ4n) is 4.27. The van der Waals surface area contributed by atoms with Crippen LogP contribution in [-0.4, -0.2) is 49.0 Å². The lowest BCUT2D eigenvalue weighted by atomic mass is 10.0. The minimum Gasteiger partial charge on any atom is -0.397 e. The molecule has 3 N–H and O–H groups in total. The minimum atomic E-state index is -0.452. The molecule has 0 radical (unpaired) electrons. The third-order valence-electron chi connectivity index (χ3n) is 6.22.